The van der Waals surface area contributed by atoms with Crippen LogP contribution in [0.3, 0.4) is 0 Å². The number of aromatic nitrogens is 3. The Morgan fingerprint density at radius 1 is 1.38 bits per heavy atom. The van der Waals surface area contributed by atoms with E-state index in [1.54, 1.807) is 11.3 Å². The zero-order valence-corrected chi connectivity index (χ0v) is 14.5. The zero-order valence-electron chi connectivity index (χ0n) is 12.1. The number of rotatable bonds is 4. The highest BCUT2D eigenvalue weighted by atomic mass is 35.5. The standard InChI is InChI=1S/C14H19ClN4S2/c1-17(9-11-6-7-12(15)21-11)10-19-14(20)18-8-4-2-3-5-13(18)16-19/h6-7H,2-5,8-10H2,1H3/p+1. The van der Waals surface area contributed by atoms with Gasteiger partial charge in [-0.2, -0.15) is 9.78 Å². The fraction of sp³-hybridized carbons (Fsp3) is 0.571. The number of nitrogens with one attached hydrogen (secondary N) is 1. The second-order valence-corrected chi connectivity index (χ2v) is 7.82. The first-order valence-corrected chi connectivity index (χ1v) is 8.96. The van der Waals surface area contributed by atoms with Crippen molar-refractivity contribution in [3.05, 3.63) is 31.9 Å². The summed E-state index contributed by atoms with van der Waals surface area (Å²) in [6, 6.07) is 4.05. The van der Waals surface area contributed by atoms with Crippen LogP contribution in [0.25, 0.3) is 0 Å². The van der Waals surface area contributed by atoms with Crippen molar-refractivity contribution in [1.82, 2.24) is 14.3 Å². The van der Waals surface area contributed by atoms with Crippen LogP contribution in [0.4, 0.5) is 0 Å². The maximum absolute atomic E-state index is 5.99. The van der Waals surface area contributed by atoms with Gasteiger partial charge in [0.2, 0.25) is 4.77 Å². The fourth-order valence-electron chi connectivity index (χ4n) is 2.78. The van der Waals surface area contributed by atoms with Crippen LogP contribution >= 0.6 is 35.2 Å². The summed E-state index contributed by atoms with van der Waals surface area (Å²) < 4.78 is 5.93. The van der Waals surface area contributed by atoms with E-state index in [0.717, 1.165) is 41.1 Å². The highest BCUT2D eigenvalue weighted by Gasteiger charge is 2.15. The average molecular weight is 344 g/mol. The summed E-state index contributed by atoms with van der Waals surface area (Å²) >= 11 is 13.2. The van der Waals surface area contributed by atoms with Crippen LogP contribution in [0.2, 0.25) is 4.34 Å². The number of thiophene rings is 1. The van der Waals surface area contributed by atoms with Crippen molar-refractivity contribution in [2.75, 3.05) is 7.05 Å². The van der Waals surface area contributed by atoms with Crippen molar-refractivity contribution in [1.29, 1.82) is 0 Å². The lowest BCUT2D eigenvalue weighted by molar-refractivity contribution is -0.917. The molecule has 0 amide bonds. The molecule has 21 heavy (non-hydrogen) atoms. The van der Waals surface area contributed by atoms with E-state index in [9.17, 15) is 0 Å². The van der Waals surface area contributed by atoms with Gasteiger partial charge in [0.05, 0.1) is 16.3 Å². The molecule has 114 valence electrons. The Morgan fingerprint density at radius 2 is 2.24 bits per heavy atom. The van der Waals surface area contributed by atoms with Crippen molar-refractivity contribution < 1.29 is 4.90 Å². The summed E-state index contributed by atoms with van der Waals surface area (Å²) in [5.41, 5.74) is 0. The van der Waals surface area contributed by atoms with E-state index in [1.165, 1.54) is 29.0 Å². The molecule has 0 aliphatic carbocycles. The molecule has 0 saturated carbocycles. The van der Waals surface area contributed by atoms with Gasteiger partial charge in [0.1, 0.15) is 12.4 Å². The van der Waals surface area contributed by atoms with Gasteiger partial charge in [-0.1, -0.05) is 18.0 Å². The number of aryl methyl sites for hydroxylation is 1. The number of hydrogen-bond acceptors (Lipinski definition) is 3. The number of nitrogens with zero attached hydrogens (tertiary/aromatic N) is 3. The van der Waals surface area contributed by atoms with Crippen molar-refractivity contribution in [3.63, 3.8) is 0 Å². The third-order valence-electron chi connectivity index (χ3n) is 3.81. The van der Waals surface area contributed by atoms with Gasteiger partial charge in [-0.25, -0.2) is 0 Å². The van der Waals surface area contributed by atoms with Crippen LogP contribution in [0.15, 0.2) is 12.1 Å². The smallest absolute Gasteiger partial charge is 0.202 e. The van der Waals surface area contributed by atoms with Gasteiger partial charge in [-0.15, -0.1) is 11.3 Å². The number of quaternary nitrogens is 1. The summed E-state index contributed by atoms with van der Waals surface area (Å²) in [4.78, 5) is 2.66. The van der Waals surface area contributed by atoms with E-state index < -0.39 is 0 Å². The van der Waals surface area contributed by atoms with Crippen molar-refractivity contribution in [2.24, 2.45) is 0 Å². The van der Waals surface area contributed by atoms with Crippen LogP contribution in [0.5, 0.6) is 0 Å². The van der Waals surface area contributed by atoms with Crippen LogP contribution in [-0.4, -0.2) is 21.4 Å². The quantitative estimate of drug-likeness (QED) is 0.864. The zero-order chi connectivity index (χ0) is 14.8. The molecule has 2 aromatic rings. The third kappa shape index (κ3) is 3.56. The number of halogens is 1. The van der Waals surface area contributed by atoms with Gasteiger partial charge in [0.15, 0.2) is 6.67 Å². The second-order valence-electron chi connectivity index (χ2n) is 5.66. The van der Waals surface area contributed by atoms with Gasteiger partial charge in [0.25, 0.3) is 0 Å². The van der Waals surface area contributed by atoms with E-state index in [2.05, 4.69) is 17.7 Å². The summed E-state index contributed by atoms with van der Waals surface area (Å²) in [5, 5.41) is 4.73. The summed E-state index contributed by atoms with van der Waals surface area (Å²) in [5.74, 6) is 1.16. The molecule has 0 bridgehead atoms. The Bertz CT molecular complexity index is 673. The van der Waals surface area contributed by atoms with Crippen LogP contribution in [0, 0.1) is 4.77 Å². The largest absolute Gasteiger partial charge is 0.314 e. The van der Waals surface area contributed by atoms with E-state index >= 15 is 0 Å². The lowest BCUT2D eigenvalue weighted by Gasteiger charge is -2.12. The van der Waals surface area contributed by atoms with Gasteiger partial charge in [-0.3, -0.25) is 0 Å². The molecule has 1 atom stereocenters. The third-order valence-corrected chi connectivity index (χ3v) is 5.47. The predicted molar refractivity (Wildman–Crippen MR) is 88.5 cm³/mol. The van der Waals surface area contributed by atoms with Gasteiger partial charge >= 0.3 is 0 Å². The van der Waals surface area contributed by atoms with Crippen LogP contribution in [0.1, 0.15) is 30.0 Å². The lowest BCUT2D eigenvalue weighted by Crippen LogP contribution is -3.06. The molecule has 1 aliphatic heterocycles. The Labute approximate surface area is 139 Å². The molecule has 0 spiro atoms. The highest BCUT2D eigenvalue weighted by molar-refractivity contribution is 7.71. The van der Waals surface area contributed by atoms with Crippen LogP contribution in [-0.2, 0) is 26.2 Å². The summed E-state index contributed by atoms with van der Waals surface area (Å²) in [6.45, 7) is 2.77. The molecule has 1 aliphatic rings. The second kappa shape index (κ2) is 6.60. The lowest BCUT2D eigenvalue weighted by atomic mass is 10.2. The Balaban J connectivity index is 1.71. The molecule has 1 unspecified atom stereocenters. The Kier molecular flexibility index (Phi) is 4.78. The first-order chi connectivity index (χ1) is 10.1. The average Bonchev–Trinajstić information content (AvgIpc) is 2.86. The fourth-order valence-corrected chi connectivity index (χ4v) is 4.29. The Morgan fingerprint density at radius 3 is 3.00 bits per heavy atom. The van der Waals surface area contributed by atoms with E-state index in [-0.39, 0.29) is 0 Å². The number of hydrogen-bond donors (Lipinski definition) is 1. The van der Waals surface area contributed by atoms with Crippen molar-refractivity contribution in [3.8, 4) is 0 Å². The van der Waals surface area contributed by atoms with Gasteiger partial charge < -0.3 is 9.47 Å². The predicted octanol–water partition coefficient (Wildman–Crippen LogP) is 2.53. The minimum Gasteiger partial charge on any atom is -0.314 e. The monoisotopic (exact) mass is 343 g/mol. The van der Waals surface area contributed by atoms with E-state index in [0.29, 0.717) is 0 Å². The molecule has 4 nitrogen and oxygen atoms in total. The van der Waals surface area contributed by atoms with Crippen molar-refractivity contribution >= 4 is 35.2 Å². The van der Waals surface area contributed by atoms with E-state index in [1.807, 2.05) is 10.7 Å². The molecular weight excluding hydrogens is 324 g/mol. The summed E-state index contributed by atoms with van der Waals surface area (Å²) in [6.07, 6.45) is 4.77. The molecule has 3 heterocycles. The minimum absolute atomic E-state index is 0.800. The molecule has 7 heteroatoms. The van der Waals surface area contributed by atoms with Crippen molar-refractivity contribution in [2.45, 2.75) is 45.4 Å². The van der Waals surface area contributed by atoms with Gasteiger partial charge in [0, 0.05) is 13.0 Å². The summed E-state index contributed by atoms with van der Waals surface area (Å²) in [7, 11) is 2.17. The normalized spacial score (nSPS) is 16.5. The topological polar surface area (TPSA) is 27.2 Å². The number of fused-ring (bicyclic) bond motifs is 1. The molecule has 0 aromatic carbocycles. The molecular formula is C14H20ClN4S2+. The highest BCUT2D eigenvalue weighted by Crippen LogP contribution is 2.20. The molecule has 0 radical (unpaired) electrons. The molecule has 2 aromatic heterocycles. The van der Waals surface area contributed by atoms with Gasteiger partial charge in [-0.05, 0) is 37.2 Å². The molecule has 0 fully saturated rings. The first-order valence-electron chi connectivity index (χ1n) is 7.35. The van der Waals surface area contributed by atoms with E-state index in [4.69, 9.17) is 28.9 Å². The Hall–Kier alpha value is -0.690. The SMILES string of the molecule is C[NH+](Cc1ccc(Cl)s1)Cn1nc2n(c1=S)CCCCC2. The first kappa shape index (κ1) is 15.2. The molecule has 0 saturated heterocycles. The molecule has 1 N–H and O–H groups in total. The van der Waals surface area contributed by atoms with Crippen LogP contribution < -0.4 is 4.90 Å². The maximum atomic E-state index is 5.99. The minimum atomic E-state index is 0.800. The maximum Gasteiger partial charge on any atom is 0.202 e. The molecule has 3 rings (SSSR count).